The predicted octanol–water partition coefficient (Wildman–Crippen LogP) is 2.94. The number of aliphatic hydroxyl groups excluding tert-OH is 1. The van der Waals surface area contributed by atoms with E-state index in [1.165, 1.54) is 32.1 Å². The van der Waals surface area contributed by atoms with Crippen LogP contribution in [-0.4, -0.2) is 40.9 Å². The normalized spacial score (nSPS) is 26.7. The van der Waals surface area contributed by atoms with Crippen molar-refractivity contribution in [2.75, 3.05) is 13.2 Å². The van der Waals surface area contributed by atoms with Crippen LogP contribution in [0.15, 0.2) is 0 Å². The zero-order valence-corrected chi connectivity index (χ0v) is 12.4. The van der Waals surface area contributed by atoms with Gasteiger partial charge in [-0.1, -0.05) is 19.3 Å². The number of nitrogens with zero attached hydrogens (tertiary/aromatic N) is 1. The molecule has 1 N–H and O–H groups in total. The number of carbonyl (C=O) groups excluding carboxylic acids is 1. The summed E-state index contributed by atoms with van der Waals surface area (Å²) in [6, 6.07) is -0.0621. The molecule has 4 heteroatoms. The Morgan fingerprint density at radius 2 is 1.95 bits per heavy atom. The Labute approximate surface area is 116 Å². The Morgan fingerprint density at radius 1 is 1.32 bits per heavy atom. The second-order valence-corrected chi connectivity index (χ2v) is 7.21. The predicted molar refractivity (Wildman–Crippen MR) is 73.9 cm³/mol. The summed E-state index contributed by atoms with van der Waals surface area (Å²) in [5, 5.41) is 9.55. The molecule has 1 saturated heterocycles. The summed E-state index contributed by atoms with van der Waals surface area (Å²) < 4.78 is 5.46. The highest BCUT2D eigenvalue weighted by atomic mass is 16.6. The molecule has 4 nitrogen and oxygen atoms in total. The maximum absolute atomic E-state index is 12.2. The van der Waals surface area contributed by atoms with Crippen molar-refractivity contribution in [1.29, 1.82) is 0 Å². The van der Waals surface area contributed by atoms with E-state index >= 15 is 0 Å². The van der Waals surface area contributed by atoms with Crippen molar-refractivity contribution in [3.8, 4) is 0 Å². The van der Waals surface area contributed by atoms with E-state index < -0.39 is 5.60 Å². The number of carbonyl (C=O) groups is 1. The number of likely N-dealkylation sites (tertiary alicyclic amines) is 1. The van der Waals surface area contributed by atoms with Crippen LogP contribution in [0.1, 0.15) is 59.3 Å². The molecule has 2 rings (SSSR count). The van der Waals surface area contributed by atoms with E-state index in [1.807, 2.05) is 20.8 Å². The monoisotopic (exact) mass is 269 g/mol. The molecule has 1 saturated carbocycles. The lowest BCUT2D eigenvalue weighted by atomic mass is 9.73. The number of amides is 1. The Balaban J connectivity index is 2.05. The van der Waals surface area contributed by atoms with E-state index in [0.29, 0.717) is 0 Å². The van der Waals surface area contributed by atoms with Crippen LogP contribution in [0.25, 0.3) is 0 Å². The Hall–Kier alpha value is -0.770. The van der Waals surface area contributed by atoms with Gasteiger partial charge in [0.1, 0.15) is 5.60 Å². The minimum Gasteiger partial charge on any atom is -0.444 e. The number of ether oxygens (including phenoxy) is 1. The van der Waals surface area contributed by atoms with Gasteiger partial charge in [0, 0.05) is 6.54 Å². The summed E-state index contributed by atoms with van der Waals surface area (Å²) in [5.74, 6) is 0. The maximum atomic E-state index is 12.2. The van der Waals surface area contributed by atoms with Gasteiger partial charge in [-0.2, -0.15) is 0 Å². The highest BCUT2D eigenvalue weighted by Crippen LogP contribution is 2.46. The van der Waals surface area contributed by atoms with Gasteiger partial charge in [-0.3, -0.25) is 0 Å². The molecule has 1 spiro atoms. The van der Waals surface area contributed by atoms with Crippen molar-refractivity contribution in [2.24, 2.45) is 5.41 Å². The molecule has 110 valence electrons. The van der Waals surface area contributed by atoms with Crippen LogP contribution in [-0.2, 0) is 4.74 Å². The molecular formula is C15H27NO3. The lowest BCUT2D eigenvalue weighted by Gasteiger charge is -2.33. The van der Waals surface area contributed by atoms with E-state index in [9.17, 15) is 9.90 Å². The number of hydrogen-bond acceptors (Lipinski definition) is 3. The average molecular weight is 269 g/mol. The zero-order chi connectivity index (χ0) is 14.1. The van der Waals surface area contributed by atoms with Crippen molar-refractivity contribution in [1.82, 2.24) is 4.90 Å². The molecule has 2 aliphatic rings. The van der Waals surface area contributed by atoms with Crippen molar-refractivity contribution in [3.05, 3.63) is 0 Å². The fourth-order valence-electron chi connectivity index (χ4n) is 3.53. The van der Waals surface area contributed by atoms with Crippen LogP contribution in [0.2, 0.25) is 0 Å². The van der Waals surface area contributed by atoms with Gasteiger partial charge in [-0.05, 0) is 45.4 Å². The SMILES string of the molecule is CC(C)(C)OC(=O)N1CC2(CCCCC2)C[C@@H]1CO. The zero-order valence-electron chi connectivity index (χ0n) is 12.4. The first kappa shape index (κ1) is 14.6. The molecule has 2 fully saturated rings. The molecule has 1 aliphatic carbocycles. The third-order valence-corrected chi connectivity index (χ3v) is 4.37. The molecule has 1 amide bonds. The molecule has 1 atom stereocenters. The smallest absolute Gasteiger partial charge is 0.410 e. The number of hydrogen-bond donors (Lipinski definition) is 1. The van der Waals surface area contributed by atoms with Crippen LogP contribution in [0, 0.1) is 5.41 Å². The van der Waals surface area contributed by atoms with Crippen LogP contribution in [0.3, 0.4) is 0 Å². The van der Waals surface area contributed by atoms with Crippen LogP contribution >= 0.6 is 0 Å². The van der Waals surface area contributed by atoms with Gasteiger partial charge in [-0.15, -0.1) is 0 Å². The number of aliphatic hydroxyl groups is 1. The molecule has 0 aromatic carbocycles. The van der Waals surface area contributed by atoms with Crippen LogP contribution in [0.5, 0.6) is 0 Å². The fraction of sp³-hybridized carbons (Fsp3) is 0.933. The Bertz CT molecular complexity index is 329. The third kappa shape index (κ3) is 3.41. The molecule has 0 radical (unpaired) electrons. The lowest BCUT2D eigenvalue weighted by Crippen LogP contribution is -2.42. The maximum Gasteiger partial charge on any atom is 0.410 e. The lowest BCUT2D eigenvalue weighted by molar-refractivity contribution is 0.0158. The molecule has 1 heterocycles. The van der Waals surface area contributed by atoms with Gasteiger partial charge in [0.25, 0.3) is 0 Å². The molecule has 0 bridgehead atoms. The molecule has 19 heavy (non-hydrogen) atoms. The van der Waals surface area contributed by atoms with Crippen molar-refractivity contribution in [3.63, 3.8) is 0 Å². The standard InChI is InChI=1S/C15H27NO3/c1-14(2,3)19-13(18)16-11-15(9-12(16)10-17)7-5-4-6-8-15/h12,17H,4-11H2,1-3H3/t12-/m1/s1. The van der Waals surface area contributed by atoms with Crippen LogP contribution in [0.4, 0.5) is 4.79 Å². The molecule has 0 aromatic heterocycles. The van der Waals surface area contributed by atoms with Crippen LogP contribution < -0.4 is 0 Å². The van der Waals surface area contributed by atoms with E-state index in [0.717, 1.165) is 13.0 Å². The molecule has 0 unspecified atom stereocenters. The van der Waals surface area contributed by atoms with Gasteiger partial charge in [0.05, 0.1) is 12.6 Å². The van der Waals surface area contributed by atoms with Crippen molar-refractivity contribution < 1.29 is 14.6 Å². The first-order valence-electron chi connectivity index (χ1n) is 7.46. The van der Waals surface area contributed by atoms with E-state index in [4.69, 9.17) is 4.74 Å². The molecule has 1 aliphatic heterocycles. The summed E-state index contributed by atoms with van der Waals surface area (Å²) in [6.07, 6.45) is 6.83. The first-order chi connectivity index (χ1) is 8.85. The van der Waals surface area contributed by atoms with Crippen molar-refractivity contribution in [2.45, 2.75) is 70.9 Å². The molecular weight excluding hydrogens is 242 g/mol. The highest BCUT2D eigenvalue weighted by molar-refractivity contribution is 5.69. The van der Waals surface area contributed by atoms with Gasteiger partial charge < -0.3 is 14.7 Å². The first-order valence-corrected chi connectivity index (χ1v) is 7.46. The van der Waals surface area contributed by atoms with E-state index in [-0.39, 0.29) is 24.2 Å². The second kappa shape index (κ2) is 5.31. The summed E-state index contributed by atoms with van der Waals surface area (Å²) in [5.41, 5.74) is -0.234. The Morgan fingerprint density at radius 3 is 2.47 bits per heavy atom. The summed E-state index contributed by atoms with van der Waals surface area (Å²) in [6.45, 7) is 6.44. The van der Waals surface area contributed by atoms with Gasteiger partial charge in [0.2, 0.25) is 0 Å². The summed E-state index contributed by atoms with van der Waals surface area (Å²) in [4.78, 5) is 14.0. The van der Waals surface area contributed by atoms with Crippen molar-refractivity contribution >= 4 is 6.09 Å². The quantitative estimate of drug-likeness (QED) is 0.796. The fourth-order valence-corrected chi connectivity index (χ4v) is 3.53. The van der Waals surface area contributed by atoms with E-state index in [2.05, 4.69) is 0 Å². The third-order valence-electron chi connectivity index (χ3n) is 4.37. The van der Waals surface area contributed by atoms with E-state index in [1.54, 1.807) is 4.90 Å². The minimum atomic E-state index is -0.473. The number of rotatable bonds is 1. The van der Waals surface area contributed by atoms with Gasteiger partial charge >= 0.3 is 6.09 Å². The molecule has 0 aromatic rings. The van der Waals surface area contributed by atoms with Gasteiger partial charge in [0.15, 0.2) is 0 Å². The largest absolute Gasteiger partial charge is 0.444 e. The topological polar surface area (TPSA) is 49.8 Å². The second-order valence-electron chi connectivity index (χ2n) is 7.21. The Kier molecular flexibility index (Phi) is 4.09. The summed E-state index contributed by atoms with van der Waals surface area (Å²) >= 11 is 0. The van der Waals surface area contributed by atoms with Gasteiger partial charge in [-0.25, -0.2) is 4.79 Å². The average Bonchev–Trinajstić information content (AvgIpc) is 2.67. The summed E-state index contributed by atoms with van der Waals surface area (Å²) in [7, 11) is 0. The highest BCUT2D eigenvalue weighted by Gasteiger charge is 2.46. The minimum absolute atomic E-state index is 0.0427.